The monoisotopic (exact) mass is 652 g/mol. The van der Waals surface area contributed by atoms with Crippen LogP contribution in [0.3, 0.4) is 0 Å². The molecule has 1 aromatic heterocycles. The van der Waals surface area contributed by atoms with Crippen LogP contribution in [0.4, 0.5) is 10.7 Å². The van der Waals surface area contributed by atoms with Crippen LogP contribution in [-0.4, -0.2) is 24.9 Å². The Kier molecular flexibility index (Phi) is 10.5. The highest BCUT2D eigenvalue weighted by atomic mass is 35.5. The Bertz CT molecular complexity index is 1640. The topological polar surface area (TPSA) is 84.5 Å². The second kappa shape index (κ2) is 14.4. The molecule has 2 N–H and O–H groups in total. The second-order valence-corrected chi connectivity index (χ2v) is 13.2. The number of ether oxygens (including phenoxy) is 1. The molecular formula is C33H30Cl2N2O4S2. The Labute approximate surface area is 269 Å². The summed E-state index contributed by atoms with van der Waals surface area (Å²) >= 11 is 15.0. The zero-order chi connectivity index (χ0) is 30.3. The maximum atomic E-state index is 14.0. The number of thiophene rings is 1. The molecule has 1 atom stereocenters. The van der Waals surface area contributed by atoms with Crippen molar-refractivity contribution in [1.29, 1.82) is 0 Å². The summed E-state index contributed by atoms with van der Waals surface area (Å²) in [5.41, 5.74) is 3.14. The van der Waals surface area contributed by atoms with Crippen LogP contribution >= 0.6 is 46.3 Å². The lowest BCUT2D eigenvalue weighted by atomic mass is 9.96. The van der Waals surface area contributed by atoms with Gasteiger partial charge in [0.05, 0.1) is 23.3 Å². The summed E-state index contributed by atoms with van der Waals surface area (Å²) in [4.78, 5) is 41.7. The first-order valence-corrected chi connectivity index (χ1v) is 16.4. The molecule has 1 aliphatic carbocycles. The highest BCUT2D eigenvalue weighted by Gasteiger charge is 2.29. The number of halogens is 2. The van der Waals surface area contributed by atoms with Gasteiger partial charge in [0.2, 0.25) is 5.91 Å². The van der Waals surface area contributed by atoms with E-state index < -0.39 is 11.2 Å². The number of fused-ring (bicyclic) bond motifs is 1. The number of aryl methyl sites for hydroxylation is 1. The molecule has 0 spiro atoms. The minimum Gasteiger partial charge on any atom is -0.465 e. The minimum atomic E-state index is -0.631. The summed E-state index contributed by atoms with van der Waals surface area (Å²) in [6.07, 6.45) is 6.02. The van der Waals surface area contributed by atoms with Crippen molar-refractivity contribution in [3.8, 4) is 0 Å². The lowest BCUT2D eigenvalue weighted by Gasteiger charge is -2.18. The van der Waals surface area contributed by atoms with Gasteiger partial charge in [-0.1, -0.05) is 72.4 Å². The molecule has 222 valence electrons. The quantitative estimate of drug-likeness (QED) is 0.146. The van der Waals surface area contributed by atoms with Gasteiger partial charge in [0, 0.05) is 20.5 Å². The number of hydrogen-bond donors (Lipinski definition) is 2. The van der Waals surface area contributed by atoms with Crippen molar-refractivity contribution in [1.82, 2.24) is 0 Å². The van der Waals surface area contributed by atoms with Gasteiger partial charge in [0.25, 0.3) is 5.91 Å². The van der Waals surface area contributed by atoms with E-state index in [1.165, 1.54) is 36.3 Å². The van der Waals surface area contributed by atoms with Crippen molar-refractivity contribution in [2.45, 2.75) is 48.7 Å². The van der Waals surface area contributed by atoms with Gasteiger partial charge >= 0.3 is 5.97 Å². The number of carbonyl (C=O) groups is 3. The predicted molar refractivity (Wildman–Crippen MR) is 176 cm³/mol. The van der Waals surface area contributed by atoms with Gasteiger partial charge in [-0.15, -0.1) is 23.1 Å². The van der Waals surface area contributed by atoms with E-state index in [2.05, 4.69) is 10.6 Å². The smallest absolute Gasteiger partial charge is 0.341 e. The SMILES string of the molecule is COC(=O)c1c(NC(=O)C(Sc2cccc(NC(=O)c3ccc(Cl)cc3Cl)c2)c2ccccc2)sc2c1CCCCCC2. The van der Waals surface area contributed by atoms with Crippen molar-refractivity contribution >= 4 is 74.8 Å². The first-order valence-electron chi connectivity index (χ1n) is 14.0. The molecule has 0 bridgehead atoms. The van der Waals surface area contributed by atoms with E-state index in [0.717, 1.165) is 59.4 Å². The van der Waals surface area contributed by atoms with E-state index in [-0.39, 0.29) is 16.8 Å². The van der Waals surface area contributed by atoms with Gasteiger partial charge in [-0.05, 0) is 73.2 Å². The Hall–Kier alpha value is -3.30. The van der Waals surface area contributed by atoms with Crippen LogP contribution in [0.1, 0.15) is 67.7 Å². The van der Waals surface area contributed by atoms with E-state index >= 15 is 0 Å². The average Bonchev–Trinajstić information content (AvgIpc) is 3.31. The standard InChI is InChI=1S/C33H30Cl2N2O4S2/c1-41-33(40)28-25-14-7-2-3-8-15-27(25)43-32(28)37-31(39)29(20-10-5-4-6-11-20)42-23-13-9-12-22(19-23)36-30(38)24-17-16-21(34)18-26(24)35/h4-6,9-13,16-19,29H,2-3,7-8,14-15H2,1H3,(H,36,38)(H,37,39). The third kappa shape index (κ3) is 7.62. The zero-order valence-electron chi connectivity index (χ0n) is 23.5. The molecule has 0 fully saturated rings. The van der Waals surface area contributed by atoms with Crippen LogP contribution in [0.2, 0.25) is 10.0 Å². The van der Waals surface area contributed by atoms with Gasteiger partial charge in [-0.25, -0.2) is 4.79 Å². The van der Waals surface area contributed by atoms with Crippen molar-refractivity contribution < 1.29 is 19.1 Å². The molecular weight excluding hydrogens is 623 g/mol. The lowest BCUT2D eigenvalue weighted by Crippen LogP contribution is -2.20. The first-order chi connectivity index (χ1) is 20.8. The summed E-state index contributed by atoms with van der Waals surface area (Å²) in [5, 5.41) is 6.56. The van der Waals surface area contributed by atoms with Gasteiger partial charge in [0.1, 0.15) is 10.3 Å². The van der Waals surface area contributed by atoms with Gasteiger partial charge in [-0.2, -0.15) is 0 Å². The number of esters is 1. The Balaban J connectivity index is 1.41. The van der Waals surface area contributed by atoms with E-state index in [4.69, 9.17) is 27.9 Å². The number of methoxy groups -OCH3 is 1. The average molecular weight is 654 g/mol. The van der Waals surface area contributed by atoms with Gasteiger partial charge < -0.3 is 15.4 Å². The Morgan fingerprint density at radius 1 is 0.884 bits per heavy atom. The molecule has 1 aliphatic rings. The highest BCUT2D eigenvalue weighted by Crippen LogP contribution is 2.41. The number of nitrogens with one attached hydrogen (secondary N) is 2. The third-order valence-corrected chi connectivity index (χ3v) is 10.2. The van der Waals surface area contributed by atoms with Crippen LogP contribution in [-0.2, 0) is 22.4 Å². The first kappa shape index (κ1) is 31.1. The molecule has 5 rings (SSSR count). The predicted octanol–water partition coefficient (Wildman–Crippen LogP) is 9.22. The largest absolute Gasteiger partial charge is 0.465 e. The summed E-state index contributed by atoms with van der Waals surface area (Å²) in [5.74, 6) is -1.05. The molecule has 0 saturated carbocycles. The molecule has 43 heavy (non-hydrogen) atoms. The molecule has 2 amide bonds. The normalized spacial score (nSPS) is 13.7. The van der Waals surface area contributed by atoms with Crippen molar-refractivity contribution in [2.24, 2.45) is 0 Å². The summed E-state index contributed by atoms with van der Waals surface area (Å²) < 4.78 is 5.15. The summed E-state index contributed by atoms with van der Waals surface area (Å²) in [6.45, 7) is 0. The molecule has 0 aliphatic heterocycles. The number of anilines is 2. The van der Waals surface area contributed by atoms with Gasteiger partial charge in [-0.3, -0.25) is 9.59 Å². The van der Waals surface area contributed by atoms with Crippen molar-refractivity contribution in [2.75, 3.05) is 17.7 Å². The molecule has 1 heterocycles. The summed E-state index contributed by atoms with van der Waals surface area (Å²) in [6, 6.07) is 21.5. The number of thioether (sulfide) groups is 1. The fourth-order valence-corrected chi connectivity index (χ4v) is 7.92. The van der Waals surface area contributed by atoms with Crippen LogP contribution < -0.4 is 10.6 Å². The van der Waals surface area contributed by atoms with E-state index in [1.54, 1.807) is 18.2 Å². The Morgan fingerprint density at radius 2 is 1.65 bits per heavy atom. The molecule has 1 unspecified atom stereocenters. The number of carbonyl (C=O) groups excluding carboxylic acids is 3. The Morgan fingerprint density at radius 3 is 2.40 bits per heavy atom. The molecule has 10 heteroatoms. The highest BCUT2D eigenvalue weighted by molar-refractivity contribution is 8.00. The molecule has 0 radical (unpaired) electrons. The second-order valence-electron chi connectivity index (χ2n) is 10.1. The number of amides is 2. The zero-order valence-corrected chi connectivity index (χ0v) is 26.6. The number of benzene rings is 3. The number of hydrogen-bond acceptors (Lipinski definition) is 6. The van der Waals surface area contributed by atoms with Crippen LogP contribution in [0.25, 0.3) is 0 Å². The molecule has 4 aromatic rings. The maximum absolute atomic E-state index is 14.0. The van der Waals surface area contributed by atoms with E-state index in [0.29, 0.717) is 26.8 Å². The summed E-state index contributed by atoms with van der Waals surface area (Å²) in [7, 11) is 1.37. The van der Waals surface area contributed by atoms with Crippen molar-refractivity contribution in [3.63, 3.8) is 0 Å². The van der Waals surface area contributed by atoms with E-state index in [1.807, 2.05) is 48.5 Å². The van der Waals surface area contributed by atoms with Crippen molar-refractivity contribution in [3.05, 3.63) is 110 Å². The lowest BCUT2D eigenvalue weighted by molar-refractivity contribution is -0.115. The fraction of sp³-hybridized carbons (Fsp3) is 0.242. The van der Waals surface area contributed by atoms with Crippen LogP contribution in [0, 0.1) is 0 Å². The number of rotatable bonds is 8. The molecule has 0 saturated heterocycles. The van der Waals surface area contributed by atoms with Gasteiger partial charge in [0.15, 0.2) is 0 Å². The fourth-order valence-electron chi connectivity index (χ4n) is 5.06. The van der Waals surface area contributed by atoms with Crippen LogP contribution in [0.5, 0.6) is 0 Å². The molecule has 3 aromatic carbocycles. The third-order valence-electron chi connectivity index (χ3n) is 7.16. The maximum Gasteiger partial charge on any atom is 0.341 e. The van der Waals surface area contributed by atoms with E-state index in [9.17, 15) is 14.4 Å². The molecule has 6 nitrogen and oxygen atoms in total. The minimum absolute atomic E-state index is 0.252. The van der Waals surface area contributed by atoms with Crippen LogP contribution in [0.15, 0.2) is 77.7 Å².